The van der Waals surface area contributed by atoms with Crippen molar-refractivity contribution in [1.29, 1.82) is 0 Å². The van der Waals surface area contributed by atoms with Crippen LogP contribution in [0, 0.1) is 0 Å². The topological polar surface area (TPSA) is 103 Å². The van der Waals surface area contributed by atoms with Crippen LogP contribution in [0.5, 0.6) is 17.2 Å². The molecule has 0 radical (unpaired) electrons. The molecule has 1 aliphatic rings. The van der Waals surface area contributed by atoms with E-state index in [0.29, 0.717) is 28.4 Å². The number of ketones is 1. The third-order valence-electron chi connectivity index (χ3n) is 3.79. The van der Waals surface area contributed by atoms with E-state index in [9.17, 15) is 14.4 Å². The highest BCUT2D eigenvalue weighted by atomic mass is 35.5. The number of amides is 2. The summed E-state index contributed by atoms with van der Waals surface area (Å²) in [5.74, 6) is 0.216. The Kier molecular flexibility index (Phi) is 5.70. The highest BCUT2D eigenvalue weighted by Gasteiger charge is 2.18. The molecule has 28 heavy (non-hydrogen) atoms. The quantitative estimate of drug-likeness (QED) is 0.716. The molecule has 2 amide bonds. The van der Waals surface area contributed by atoms with Crippen LogP contribution < -0.4 is 24.8 Å². The fraction of sp³-hybridized carbons (Fsp3) is 0.211. The molecule has 3 rings (SSSR count). The third kappa shape index (κ3) is 4.52. The number of carbonyl (C=O) groups excluding carboxylic acids is 3. The van der Waals surface area contributed by atoms with Crippen molar-refractivity contribution in [3.05, 3.63) is 40.9 Å². The molecule has 0 aromatic heterocycles. The summed E-state index contributed by atoms with van der Waals surface area (Å²) < 4.78 is 16.0. The van der Waals surface area contributed by atoms with Gasteiger partial charge in [0.2, 0.25) is 12.7 Å². The minimum Gasteiger partial charge on any atom is -0.482 e. The van der Waals surface area contributed by atoms with Crippen molar-refractivity contribution in [2.45, 2.75) is 13.8 Å². The molecular weight excluding hydrogens is 388 g/mol. The van der Waals surface area contributed by atoms with E-state index >= 15 is 0 Å². The fourth-order valence-electron chi connectivity index (χ4n) is 2.50. The van der Waals surface area contributed by atoms with Gasteiger partial charge in [-0.05, 0) is 25.1 Å². The lowest BCUT2D eigenvalue weighted by Crippen LogP contribution is -2.21. The number of nitrogens with one attached hydrogen (secondary N) is 2. The van der Waals surface area contributed by atoms with Crippen LogP contribution in [0.1, 0.15) is 24.2 Å². The Labute approximate surface area is 165 Å². The summed E-state index contributed by atoms with van der Waals surface area (Å²) in [6.45, 7) is 2.48. The Morgan fingerprint density at radius 3 is 2.43 bits per heavy atom. The maximum Gasteiger partial charge on any atom is 0.262 e. The summed E-state index contributed by atoms with van der Waals surface area (Å²) in [6, 6.07) is 7.68. The molecule has 0 bridgehead atoms. The van der Waals surface area contributed by atoms with Crippen molar-refractivity contribution in [2.75, 3.05) is 24.0 Å². The Morgan fingerprint density at radius 1 is 1.04 bits per heavy atom. The van der Waals surface area contributed by atoms with E-state index in [2.05, 4.69) is 10.6 Å². The van der Waals surface area contributed by atoms with Crippen molar-refractivity contribution in [3.8, 4) is 17.2 Å². The number of fused-ring (bicyclic) bond motifs is 1. The van der Waals surface area contributed by atoms with Crippen LogP contribution >= 0.6 is 11.6 Å². The van der Waals surface area contributed by atoms with Gasteiger partial charge in [0.05, 0.1) is 16.4 Å². The van der Waals surface area contributed by atoms with Gasteiger partial charge in [-0.25, -0.2) is 0 Å². The lowest BCUT2D eigenvalue weighted by atomic mass is 10.1. The lowest BCUT2D eigenvalue weighted by Gasteiger charge is -2.13. The Morgan fingerprint density at radius 2 is 1.75 bits per heavy atom. The summed E-state index contributed by atoms with van der Waals surface area (Å²) in [5.41, 5.74) is 1.09. The molecule has 1 heterocycles. The van der Waals surface area contributed by atoms with Gasteiger partial charge in [0.15, 0.2) is 23.9 Å². The number of anilines is 2. The first-order chi connectivity index (χ1) is 13.3. The van der Waals surface area contributed by atoms with Gasteiger partial charge in [0.1, 0.15) is 5.75 Å². The van der Waals surface area contributed by atoms with Crippen molar-refractivity contribution >= 4 is 40.6 Å². The van der Waals surface area contributed by atoms with Crippen molar-refractivity contribution in [2.24, 2.45) is 0 Å². The van der Waals surface area contributed by atoms with E-state index in [1.165, 1.54) is 19.9 Å². The van der Waals surface area contributed by atoms with Crippen LogP contribution in [-0.2, 0) is 9.59 Å². The number of halogens is 1. The van der Waals surface area contributed by atoms with Gasteiger partial charge in [-0.15, -0.1) is 0 Å². The molecule has 2 aromatic rings. The highest BCUT2D eigenvalue weighted by Crippen LogP contribution is 2.39. The molecule has 2 N–H and O–H groups in total. The summed E-state index contributed by atoms with van der Waals surface area (Å²) in [4.78, 5) is 35.2. The molecule has 9 heteroatoms. The van der Waals surface area contributed by atoms with Gasteiger partial charge >= 0.3 is 0 Å². The molecule has 2 aromatic carbocycles. The molecule has 0 saturated heterocycles. The molecule has 0 fully saturated rings. The molecule has 0 saturated carbocycles. The number of benzene rings is 2. The van der Waals surface area contributed by atoms with Gasteiger partial charge in [0.25, 0.3) is 5.91 Å². The monoisotopic (exact) mass is 404 g/mol. The number of hydrogen-bond donors (Lipinski definition) is 2. The molecular formula is C19H17ClN2O6. The Balaban J connectivity index is 1.71. The van der Waals surface area contributed by atoms with Gasteiger partial charge in [-0.3, -0.25) is 14.4 Å². The van der Waals surface area contributed by atoms with E-state index in [4.69, 9.17) is 25.8 Å². The first-order valence-corrected chi connectivity index (χ1v) is 8.65. The van der Waals surface area contributed by atoms with Crippen molar-refractivity contribution < 1.29 is 28.6 Å². The van der Waals surface area contributed by atoms with Gasteiger partial charge in [-0.1, -0.05) is 11.6 Å². The summed E-state index contributed by atoms with van der Waals surface area (Å²) in [5, 5.41) is 5.50. The normalized spacial score (nSPS) is 11.7. The molecule has 146 valence electrons. The number of hydrogen-bond acceptors (Lipinski definition) is 6. The second-order valence-electron chi connectivity index (χ2n) is 5.97. The molecule has 8 nitrogen and oxygen atoms in total. The second-order valence-corrected chi connectivity index (χ2v) is 6.38. The van der Waals surface area contributed by atoms with Gasteiger partial charge in [-0.2, -0.15) is 0 Å². The Bertz CT molecular complexity index is 960. The minimum absolute atomic E-state index is 0.0879. The van der Waals surface area contributed by atoms with E-state index < -0.39 is 5.91 Å². The number of rotatable bonds is 6. The van der Waals surface area contributed by atoms with Gasteiger partial charge < -0.3 is 24.8 Å². The Hall–Kier alpha value is -3.26. The average molecular weight is 405 g/mol. The van der Waals surface area contributed by atoms with E-state index in [1.807, 2.05) is 0 Å². The third-order valence-corrected chi connectivity index (χ3v) is 4.11. The van der Waals surface area contributed by atoms with Crippen LogP contribution in [0.3, 0.4) is 0 Å². The average Bonchev–Trinajstić information content (AvgIpc) is 3.07. The molecule has 0 spiro atoms. The second kappa shape index (κ2) is 8.18. The molecule has 0 unspecified atom stereocenters. The van der Waals surface area contributed by atoms with E-state index in [0.717, 1.165) is 0 Å². The predicted molar refractivity (Wildman–Crippen MR) is 102 cm³/mol. The first-order valence-electron chi connectivity index (χ1n) is 8.28. The fourth-order valence-corrected chi connectivity index (χ4v) is 2.70. The molecule has 0 aliphatic carbocycles. The lowest BCUT2D eigenvalue weighted by molar-refractivity contribution is -0.118. The highest BCUT2D eigenvalue weighted by molar-refractivity contribution is 6.34. The van der Waals surface area contributed by atoms with Crippen LogP contribution in [0.4, 0.5) is 11.4 Å². The minimum atomic E-state index is -0.484. The van der Waals surface area contributed by atoms with Gasteiger partial charge in [0, 0.05) is 24.6 Å². The summed E-state index contributed by atoms with van der Waals surface area (Å²) in [7, 11) is 0. The zero-order valence-corrected chi connectivity index (χ0v) is 15.9. The summed E-state index contributed by atoms with van der Waals surface area (Å²) in [6.07, 6.45) is 0. The first kappa shape index (κ1) is 19.5. The SMILES string of the molecule is CC(=O)Nc1ccc(C(C)=O)cc1OCC(=O)Nc1cc2c(cc1Cl)OCO2. The van der Waals surface area contributed by atoms with Crippen molar-refractivity contribution in [3.63, 3.8) is 0 Å². The largest absolute Gasteiger partial charge is 0.482 e. The number of carbonyl (C=O) groups is 3. The van der Waals surface area contributed by atoms with Crippen LogP contribution in [0.25, 0.3) is 0 Å². The van der Waals surface area contributed by atoms with Crippen LogP contribution in [0.15, 0.2) is 30.3 Å². The van der Waals surface area contributed by atoms with E-state index in [1.54, 1.807) is 24.3 Å². The zero-order valence-electron chi connectivity index (χ0n) is 15.1. The number of Topliss-reactive ketones (excluding diaryl/α,β-unsaturated/α-hetero) is 1. The number of ether oxygens (including phenoxy) is 3. The zero-order chi connectivity index (χ0) is 20.3. The smallest absolute Gasteiger partial charge is 0.262 e. The maximum atomic E-state index is 12.3. The molecule has 1 aliphatic heterocycles. The standard InChI is InChI=1S/C19H17ClN2O6/c1-10(23)12-3-4-14(21-11(2)24)16(5-12)26-8-19(25)22-15-7-18-17(6-13(15)20)27-9-28-18/h3-7H,8-9H2,1-2H3,(H,21,24)(H,22,25). The summed E-state index contributed by atoms with van der Waals surface area (Å²) >= 11 is 6.13. The van der Waals surface area contributed by atoms with E-state index in [-0.39, 0.29) is 35.9 Å². The van der Waals surface area contributed by atoms with Crippen molar-refractivity contribution in [1.82, 2.24) is 0 Å². The molecule has 0 atom stereocenters. The van der Waals surface area contributed by atoms with Crippen LogP contribution in [-0.4, -0.2) is 31.0 Å². The van der Waals surface area contributed by atoms with Crippen LogP contribution in [0.2, 0.25) is 5.02 Å². The predicted octanol–water partition coefficient (Wildman–Crippen LogP) is 3.25. The maximum absolute atomic E-state index is 12.3.